The highest BCUT2D eigenvalue weighted by atomic mass is 16.4. The number of carboxylic acid groups (broad SMARTS) is 1. The Hall–Kier alpha value is -2.63. The van der Waals surface area contributed by atoms with Gasteiger partial charge in [-0.25, -0.2) is 0 Å². The summed E-state index contributed by atoms with van der Waals surface area (Å²) in [5, 5.41) is 13.5. The van der Waals surface area contributed by atoms with E-state index in [-0.39, 0.29) is 24.9 Å². The Balaban J connectivity index is 1.75. The molecule has 0 radical (unpaired) electrons. The first-order valence-electron chi connectivity index (χ1n) is 7.18. The Morgan fingerprint density at radius 3 is 2.59 bits per heavy atom. The maximum atomic E-state index is 12.3. The second kappa shape index (κ2) is 6.01. The molecule has 2 unspecified atom stereocenters. The van der Waals surface area contributed by atoms with Crippen molar-refractivity contribution >= 4 is 11.9 Å². The number of aromatic nitrogens is 2. The number of amides is 1. The number of likely N-dealkylation sites (tertiary alicyclic amines) is 1. The van der Waals surface area contributed by atoms with Crippen molar-refractivity contribution in [3.05, 3.63) is 54.4 Å². The third-order valence-electron chi connectivity index (χ3n) is 4.07. The molecule has 1 aliphatic rings. The number of hydrogen-bond donors (Lipinski definition) is 1. The van der Waals surface area contributed by atoms with Crippen molar-refractivity contribution in [1.29, 1.82) is 0 Å². The largest absolute Gasteiger partial charge is 0.481 e. The molecular formula is C16H17N3O3. The highest BCUT2D eigenvalue weighted by Crippen LogP contribution is 2.32. The zero-order chi connectivity index (χ0) is 15.5. The van der Waals surface area contributed by atoms with Gasteiger partial charge in [0.1, 0.15) is 6.54 Å². The van der Waals surface area contributed by atoms with Crippen LogP contribution in [0.5, 0.6) is 0 Å². The number of benzene rings is 1. The lowest BCUT2D eigenvalue weighted by molar-refractivity contribution is -0.141. The van der Waals surface area contributed by atoms with E-state index in [4.69, 9.17) is 0 Å². The van der Waals surface area contributed by atoms with Crippen molar-refractivity contribution in [2.75, 3.05) is 13.1 Å². The van der Waals surface area contributed by atoms with E-state index in [1.165, 1.54) is 0 Å². The summed E-state index contributed by atoms with van der Waals surface area (Å²) in [4.78, 5) is 25.5. The fraction of sp³-hybridized carbons (Fsp3) is 0.312. The van der Waals surface area contributed by atoms with Crippen LogP contribution in [0.4, 0.5) is 0 Å². The molecule has 22 heavy (non-hydrogen) atoms. The molecule has 0 bridgehead atoms. The number of aliphatic carboxylic acids is 1. The predicted molar refractivity (Wildman–Crippen MR) is 79.1 cm³/mol. The molecule has 0 saturated carbocycles. The van der Waals surface area contributed by atoms with Gasteiger partial charge in [0.15, 0.2) is 0 Å². The third-order valence-corrected chi connectivity index (χ3v) is 4.07. The molecule has 0 spiro atoms. The lowest BCUT2D eigenvalue weighted by atomic mass is 9.89. The van der Waals surface area contributed by atoms with Crippen molar-refractivity contribution in [1.82, 2.24) is 14.7 Å². The molecule has 0 aliphatic carbocycles. The summed E-state index contributed by atoms with van der Waals surface area (Å²) in [5.41, 5.74) is 0.962. The molecule has 6 heteroatoms. The Morgan fingerprint density at radius 1 is 1.18 bits per heavy atom. The second-order valence-corrected chi connectivity index (χ2v) is 5.46. The molecule has 6 nitrogen and oxygen atoms in total. The Morgan fingerprint density at radius 2 is 1.95 bits per heavy atom. The SMILES string of the molecule is O=C(O)C1CN(C(=O)Cn2cccn2)CC1c1ccccc1. The van der Waals surface area contributed by atoms with Crippen LogP contribution in [-0.4, -0.2) is 44.8 Å². The van der Waals surface area contributed by atoms with Crippen LogP contribution < -0.4 is 0 Å². The third kappa shape index (κ3) is 2.86. The van der Waals surface area contributed by atoms with Crippen molar-refractivity contribution in [2.45, 2.75) is 12.5 Å². The molecule has 2 atom stereocenters. The zero-order valence-corrected chi connectivity index (χ0v) is 12.0. The minimum atomic E-state index is -0.858. The van der Waals surface area contributed by atoms with E-state index in [9.17, 15) is 14.7 Å². The second-order valence-electron chi connectivity index (χ2n) is 5.46. The highest BCUT2D eigenvalue weighted by Gasteiger charge is 2.40. The Kier molecular flexibility index (Phi) is 3.91. The van der Waals surface area contributed by atoms with Crippen molar-refractivity contribution in [3.63, 3.8) is 0 Å². The molecule has 2 heterocycles. The molecule has 1 aromatic heterocycles. The molecule has 1 N–H and O–H groups in total. The van der Waals surface area contributed by atoms with E-state index in [0.29, 0.717) is 6.54 Å². The van der Waals surface area contributed by atoms with E-state index in [1.807, 2.05) is 30.3 Å². The lowest BCUT2D eigenvalue weighted by Gasteiger charge is -2.16. The van der Waals surface area contributed by atoms with Crippen LogP contribution in [0, 0.1) is 5.92 Å². The van der Waals surface area contributed by atoms with Gasteiger partial charge in [0.25, 0.3) is 0 Å². The van der Waals surface area contributed by atoms with E-state index in [2.05, 4.69) is 5.10 Å². The fourth-order valence-electron chi connectivity index (χ4n) is 2.93. The number of rotatable bonds is 4. The standard InChI is InChI=1S/C16H17N3O3/c20-15(11-19-8-4-7-17-19)18-9-13(14(10-18)16(21)22)12-5-2-1-3-6-12/h1-8,13-14H,9-11H2,(H,21,22). The Labute approximate surface area is 128 Å². The number of nitrogens with zero attached hydrogens (tertiary/aromatic N) is 3. The summed E-state index contributed by atoms with van der Waals surface area (Å²) >= 11 is 0. The van der Waals surface area contributed by atoms with Gasteiger partial charge in [-0.15, -0.1) is 0 Å². The summed E-state index contributed by atoms with van der Waals surface area (Å²) < 4.78 is 1.55. The van der Waals surface area contributed by atoms with Crippen LogP contribution in [-0.2, 0) is 16.1 Å². The van der Waals surface area contributed by atoms with E-state index in [1.54, 1.807) is 28.0 Å². The van der Waals surface area contributed by atoms with Crippen LogP contribution in [0.1, 0.15) is 11.5 Å². The molecule has 2 aromatic rings. The molecule has 1 fully saturated rings. The first-order chi connectivity index (χ1) is 10.6. The monoisotopic (exact) mass is 299 g/mol. The van der Waals surface area contributed by atoms with E-state index in [0.717, 1.165) is 5.56 Å². The van der Waals surface area contributed by atoms with Crippen molar-refractivity contribution in [3.8, 4) is 0 Å². The average Bonchev–Trinajstić information content (AvgIpc) is 3.17. The van der Waals surface area contributed by atoms with Crippen LogP contribution in [0.15, 0.2) is 48.8 Å². The quantitative estimate of drug-likeness (QED) is 0.920. The smallest absolute Gasteiger partial charge is 0.308 e. The Bertz CT molecular complexity index is 655. The summed E-state index contributed by atoms with van der Waals surface area (Å²) in [5.74, 6) is -1.69. The summed E-state index contributed by atoms with van der Waals surface area (Å²) in [7, 11) is 0. The minimum Gasteiger partial charge on any atom is -0.481 e. The number of hydrogen-bond acceptors (Lipinski definition) is 3. The normalized spacial score (nSPS) is 21.0. The maximum Gasteiger partial charge on any atom is 0.308 e. The molecule has 1 aromatic carbocycles. The van der Waals surface area contributed by atoms with E-state index < -0.39 is 11.9 Å². The van der Waals surface area contributed by atoms with Gasteiger partial charge >= 0.3 is 5.97 Å². The topological polar surface area (TPSA) is 75.4 Å². The van der Waals surface area contributed by atoms with Gasteiger partial charge in [-0.1, -0.05) is 30.3 Å². The summed E-state index contributed by atoms with van der Waals surface area (Å²) in [6.07, 6.45) is 3.33. The zero-order valence-electron chi connectivity index (χ0n) is 12.0. The van der Waals surface area contributed by atoms with Crippen molar-refractivity contribution in [2.24, 2.45) is 5.92 Å². The maximum absolute atomic E-state index is 12.3. The van der Waals surface area contributed by atoms with Gasteiger partial charge in [-0.2, -0.15) is 5.10 Å². The highest BCUT2D eigenvalue weighted by molar-refractivity contribution is 5.79. The number of carbonyl (C=O) groups is 2. The minimum absolute atomic E-state index is 0.103. The van der Waals surface area contributed by atoms with Crippen LogP contribution in [0.3, 0.4) is 0 Å². The molecule has 1 amide bonds. The lowest BCUT2D eigenvalue weighted by Crippen LogP contribution is -2.32. The van der Waals surface area contributed by atoms with Crippen LogP contribution in [0.2, 0.25) is 0 Å². The van der Waals surface area contributed by atoms with Gasteiger partial charge < -0.3 is 10.0 Å². The molecule has 1 saturated heterocycles. The first kappa shape index (κ1) is 14.3. The van der Waals surface area contributed by atoms with Gasteiger partial charge in [0.2, 0.25) is 5.91 Å². The van der Waals surface area contributed by atoms with Crippen LogP contribution >= 0.6 is 0 Å². The average molecular weight is 299 g/mol. The molecule has 3 rings (SSSR count). The molecular weight excluding hydrogens is 282 g/mol. The number of carbonyl (C=O) groups excluding carboxylic acids is 1. The van der Waals surface area contributed by atoms with Crippen molar-refractivity contribution < 1.29 is 14.7 Å². The van der Waals surface area contributed by atoms with Crippen LogP contribution in [0.25, 0.3) is 0 Å². The van der Waals surface area contributed by atoms with Gasteiger partial charge in [0, 0.05) is 31.4 Å². The van der Waals surface area contributed by atoms with Gasteiger partial charge in [-0.3, -0.25) is 14.3 Å². The predicted octanol–water partition coefficient (Wildman–Crippen LogP) is 1.21. The van der Waals surface area contributed by atoms with Gasteiger partial charge in [0.05, 0.1) is 5.92 Å². The summed E-state index contributed by atoms with van der Waals surface area (Å²) in [6, 6.07) is 11.3. The first-order valence-corrected chi connectivity index (χ1v) is 7.18. The summed E-state index contributed by atoms with van der Waals surface area (Å²) in [6.45, 7) is 0.816. The molecule has 114 valence electrons. The number of carboxylic acids is 1. The van der Waals surface area contributed by atoms with Gasteiger partial charge in [-0.05, 0) is 11.6 Å². The molecule has 1 aliphatic heterocycles. The fourth-order valence-corrected chi connectivity index (χ4v) is 2.93. The van der Waals surface area contributed by atoms with E-state index >= 15 is 0 Å².